The van der Waals surface area contributed by atoms with Crippen molar-refractivity contribution in [2.24, 2.45) is 0 Å². The molecule has 0 saturated heterocycles. The van der Waals surface area contributed by atoms with E-state index in [1.54, 1.807) is 6.20 Å². The first-order valence-electron chi connectivity index (χ1n) is 7.58. The van der Waals surface area contributed by atoms with E-state index < -0.39 is 10.8 Å². The summed E-state index contributed by atoms with van der Waals surface area (Å²) in [5.74, 6) is 0.163. The lowest BCUT2D eigenvalue weighted by Gasteiger charge is -2.06. The number of rotatable bonds is 6. The van der Waals surface area contributed by atoms with E-state index in [-0.39, 0.29) is 23.0 Å². The Morgan fingerprint density at radius 1 is 1.30 bits per heavy atom. The second-order valence-electron chi connectivity index (χ2n) is 5.37. The van der Waals surface area contributed by atoms with Gasteiger partial charge in [-0.25, -0.2) is 4.68 Å². The number of hydrogen-bond donors (Lipinski definition) is 1. The zero-order valence-electron chi connectivity index (χ0n) is 13.6. The first kappa shape index (κ1) is 18.9. The summed E-state index contributed by atoms with van der Waals surface area (Å²) in [7, 11) is 0. The van der Waals surface area contributed by atoms with Gasteiger partial charge >= 0.3 is 0 Å². The lowest BCUT2D eigenvalue weighted by Crippen LogP contribution is -2.12. The van der Waals surface area contributed by atoms with Gasteiger partial charge in [0.05, 0.1) is 23.0 Å². The van der Waals surface area contributed by atoms with Crippen LogP contribution < -0.4 is 10.1 Å². The van der Waals surface area contributed by atoms with Crippen LogP contribution in [-0.2, 0) is 6.73 Å². The summed E-state index contributed by atoms with van der Waals surface area (Å²) in [6, 6.07) is 11.2. The van der Waals surface area contributed by atoms with Crippen molar-refractivity contribution < 1.29 is 14.5 Å². The maximum atomic E-state index is 12.3. The SMILES string of the molecule is O=C(Nc1cnn(COc2ccc(Br)cc2)c1)c1ccc(Cl)c([N+](=O)[O-])c1. The topological polar surface area (TPSA) is 99.3 Å². The Morgan fingerprint density at radius 2 is 2.04 bits per heavy atom. The Kier molecular flexibility index (Phi) is 5.72. The van der Waals surface area contributed by atoms with Crippen LogP contribution in [0.25, 0.3) is 0 Å². The summed E-state index contributed by atoms with van der Waals surface area (Å²) in [5.41, 5.74) is 0.213. The standard InChI is InChI=1S/C17H12BrClN4O4/c18-12-2-4-14(5-3-12)27-10-22-9-13(8-20-22)21-17(24)11-1-6-15(19)16(7-11)23(25)26/h1-9H,10H2,(H,21,24). The van der Waals surface area contributed by atoms with Gasteiger partial charge in [-0.3, -0.25) is 14.9 Å². The Bertz CT molecular complexity index is 991. The molecule has 0 aliphatic heterocycles. The van der Waals surface area contributed by atoms with Gasteiger partial charge in [-0.05, 0) is 36.4 Å². The van der Waals surface area contributed by atoms with Crippen molar-refractivity contribution >= 4 is 44.8 Å². The number of aromatic nitrogens is 2. The minimum absolute atomic E-state index is 0.0329. The third-order valence-corrected chi connectivity index (χ3v) is 4.32. The minimum atomic E-state index is -0.642. The highest BCUT2D eigenvalue weighted by atomic mass is 79.9. The number of carbonyl (C=O) groups excluding carboxylic acids is 1. The molecular formula is C17H12BrClN4O4. The van der Waals surface area contributed by atoms with Crippen LogP contribution in [0.1, 0.15) is 10.4 Å². The van der Waals surface area contributed by atoms with Gasteiger partial charge < -0.3 is 10.1 Å². The van der Waals surface area contributed by atoms with E-state index in [1.165, 1.54) is 23.0 Å². The van der Waals surface area contributed by atoms with E-state index in [0.29, 0.717) is 11.4 Å². The fourth-order valence-corrected chi connectivity index (χ4v) is 2.62. The van der Waals surface area contributed by atoms with Crippen LogP contribution in [0.4, 0.5) is 11.4 Å². The van der Waals surface area contributed by atoms with Crippen LogP contribution in [0, 0.1) is 10.1 Å². The van der Waals surface area contributed by atoms with Crippen LogP contribution in [0.15, 0.2) is 59.3 Å². The normalized spacial score (nSPS) is 10.4. The van der Waals surface area contributed by atoms with E-state index in [2.05, 4.69) is 26.3 Å². The molecule has 1 N–H and O–H groups in total. The maximum absolute atomic E-state index is 12.3. The quantitative estimate of drug-likeness (QED) is 0.439. The molecule has 10 heteroatoms. The fourth-order valence-electron chi connectivity index (χ4n) is 2.17. The molecule has 0 fully saturated rings. The first-order valence-corrected chi connectivity index (χ1v) is 8.75. The molecule has 0 aliphatic rings. The second-order valence-corrected chi connectivity index (χ2v) is 6.70. The van der Waals surface area contributed by atoms with Crippen LogP contribution >= 0.6 is 27.5 Å². The Morgan fingerprint density at radius 3 is 2.74 bits per heavy atom. The third kappa shape index (κ3) is 4.83. The number of halogens is 2. The molecule has 0 spiro atoms. The van der Waals surface area contributed by atoms with E-state index in [0.717, 1.165) is 10.5 Å². The average molecular weight is 452 g/mol. The minimum Gasteiger partial charge on any atom is -0.471 e. The van der Waals surface area contributed by atoms with Crippen LogP contribution in [0.3, 0.4) is 0 Å². The molecule has 0 saturated carbocycles. The largest absolute Gasteiger partial charge is 0.471 e. The number of nitro benzene ring substituents is 1. The van der Waals surface area contributed by atoms with Gasteiger partial charge in [0.1, 0.15) is 10.8 Å². The molecule has 27 heavy (non-hydrogen) atoms. The van der Waals surface area contributed by atoms with Crippen molar-refractivity contribution in [3.8, 4) is 5.75 Å². The van der Waals surface area contributed by atoms with Crippen molar-refractivity contribution in [1.82, 2.24) is 9.78 Å². The molecule has 3 rings (SSSR count). The lowest BCUT2D eigenvalue weighted by atomic mass is 10.2. The predicted octanol–water partition coefficient (Wildman–Crippen LogP) is 4.50. The summed E-state index contributed by atoms with van der Waals surface area (Å²) in [6.07, 6.45) is 3.04. The van der Waals surface area contributed by atoms with E-state index in [9.17, 15) is 14.9 Å². The van der Waals surface area contributed by atoms with E-state index in [4.69, 9.17) is 16.3 Å². The van der Waals surface area contributed by atoms with Gasteiger partial charge in [0.15, 0.2) is 6.73 Å². The van der Waals surface area contributed by atoms with Crippen molar-refractivity contribution in [2.45, 2.75) is 6.73 Å². The fraction of sp³-hybridized carbons (Fsp3) is 0.0588. The molecule has 1 aromatic heterocycles. The number of nitrogens with zero attached hydrogens (tertiary/aromatic N) is 3. The zero-order chi connectivity index (χ0) is 19.4. The van der Waals surface area contributed by atoms with Gasteiger partial charge in [0, 0.05) is 16.1 Å². The van der Waals surface area contributed by atoms with Crippen molar-refractivity contribution in [3.05, 3.63) is 80.0 Å². The first-order chi connectivity index (χ1) is 12.9. The van der Waals surface area contributed by atoms with Crippen molar-refractivity contribution in [2.75, 3.05) is 5.32 Å². The Labute approximate surface area is 167 Å². The number of nitro groups is 1. The number of amides is 1. The molecule has 3 aromatic rings. The summed E-state index contributed by atoms with van der Waals surface area (Å²) in [6.45, 7) is 0.157. The number of carbonyl (C=O) groups is 1. The van der Waals surface area contributed by atoms with Gasteiger partial charge in [-0.15, -0.1) is 0 Å². The molecule has 138 valence electrons. The average Bonchev–Trinajstić information content (AvgIpc) is 3.08. The van der Waals surface area contributed by atoms with Crippen molar-refractivity contribution in [3.63, 3.8) is 0 Å². The number of anilines is 1. The summed E-state index contributed by atoms with van der Waals surface area (Å²) in [5, 5.41) is 17.6. The number of hydrogen-bond acceptors (Lipinski definition) is 5. The van der Waals surface area contributed by atoms with Crippen molar-refractivity contribution in [1.29, 1.82) is 0 Å². The second kappa shape index (κ2) is 8.19. The molecule has 1 heterocycles. The highest BCUT2D eigenvalue weighted by Crippen LogP contribution is 2.25. The van der Waals surface area contributed by atoms with Crippen LogP contribution in [0.2, 0.25) is 5.02 Å². The smallest absolute Gasteiger partial charge is 0.288 e. The Hall–Kier alpha value is -2.91. The molecule has 0 bridgehead atoms. The third-order valence-electron chi connectivity index (χ3n) is 3.47. The maximum Gasteiger partial charge on any atom is 0.288 e. The van der Waals surface area contributed by atoms with Crippen LogP contribution in [0.5, 0.6) is 5.75 Å². The zero-order valence-corrected chi connectivity index (χ0v) is 16.0. The molecule has 1 amide bonds. The summed E-state index contributed by atoms with van der Waals surface area (Å²) >= 11 is 9.10. The highest BCUT2D eigenvalue weighted by Gasteiger charge is 2.16. The molecule has 2 aromatic carbocycles. The molecule has 0 atom stereocenters. The van der Waals surface area contributed by atoms with Gasteiger partial charge in [-0.1, -0.05) is 27.5 Å². The molecule has 0 aliphatic carbocycles. The van der Waals surface area contributed by atoms with Crippen LogP contribution in [-0.4, -0.2) is 20.6 Å². The molecule has 0 unspecified atom stereocenters. The van der Waals surface area contributed by atoms with Gasteiger partial charge in [-0.2, -0.15) is 5.10 Å². The summed E-state index contributed by atoms with van der Waals surface area (Å²) < 4.78 is 8.03. The molecule has 0 radical (unpaired) electrons. The van der Waals surface area contributed by atoms with E-state index >= 15 is 0 Å². The molecular weight excluding hydrogens is 440 g/mol. The number of ether oxygens (including phenoxy) is 1. The lowest BCUT2D eigenvalue weighted by molar-refractivity contribution is -0.384. The molecule has 8 nitrogen and oxygen atoms in total. The van der Waals surface area contributed by atoms with Gasteiger partial charge in [0.2, 0.25) is 0 Å². The monoisotopic (exact) mass is 450 g/mol. The summed E-state index contributed by atoms with van der Waals surface area (Å²) in [4.78, 5) is 22.6. The highest BCUT2D eigenvalue weighted by molar-refractivity contribution is 9.10. The number of nitrogens with one attached hydrogen (secondary N) is 1. The van der Waals surface area contributed by atoms with E-state index in [1.807, 2.05) is 24.3 Å². The van der Waals surface area contributed by atoms with Gasteiger partial charge in [0.25, 0.3) is 11.6 Å². The Balaban J connectivity index is 1.63. The predicted molar refractivity (Wildman–Crippen MR) is 103 cm³/mol. The number of benzene rings is 2.